The van der Waals surface area contributed by atoms with Gasteiger partial charge in [-0.1, -0.05) is 15.9 Å². The number of carboxylic acids is 1. The summed E-state index contributed by atoms with van der Waals surface area (Å²) in [6.07, 6.45) is -4.98. The Labute approximate surface area is 125 Å². The van der Waals surface area contributed by atoms with Crippen molar-refractivity contribution in [3.63, 3.8) is 0 Å². The second kappa shape index (κ2) is 5.55. The van der Waals surface area contributed by atoms with Crippen molar-refractivity contribution in [3.8, 4) is 5.75 Å². The number of alkyl halides is 3. The van der Waals surface area contributed by atoms with Crippen LogP contribution in [0.4, 0.5) is 13.2 Å². The standard InChI is InChI=1S/C12H9BrF3NO4/c13-7-3-6-5-17(11(20)12(14,15)16)1-2-21-9(6)8(4-7)10(18)19/h3-4H,1-2,5H2,(H,18,19). The van der Waals surface area contributed by atoms with Gasteiger partial charge in [-0.05, 0) is 12.1 Å². The van der Waals surface area contributed by atoms with Crippen LogP contribution in [-0.2, 0) is 11.3 Å². The average molecular weight is 368 g/mol. The van der Waals surface area contributed by atoms with Gasteiger partial charge in [0.25, 0.3) is 0 Å². The van der Waals surface area contributed by atoms with E-state index in [1.54, 1.807) is 0 Å². The number of carbonyl (C=O) groups is 2. The van der Waals surface area contributed by atoms with Gasteiger partial charge < -0.3 is 14.7 Å². The van der Waals surface area contributed by atoms with Crippen LogP contribution >= 0.6 is 15.9 Å². The molecule has 0 aliphatic carbocycles. The maximum Gasteiger partial charge on any atom is 0.471 e. The van der Waals surface area contributed by atoms with E-state index >= 15 is 0 Å². The van der Waals surface area contributed by atoms with E-state index in [4.69, 9.17) is 9.84 Å². The zero-order valence-corrected chi connectivity index (χ0v) is 12.0. The summed E-state index contributed by atoms with van der Waals surface area (Å²) in [7, 11) is 0. The van der Waals surface area contributed by atoms with E-state index in [9.17, 15) is 22.8 Å². The molecule has 1 aromatic rings. The number of hydrogen-bond donors (Lipinski definition) is 1. The highest BCUT2D eigenvalue weighted by Crippen LogP contribution is 2.32. The monoisotopic (exact) mass is 367 g/mol. The molecule has 9 heteroatoms. The Morgan fingerprint density at radius 3 is 2.57 bits per heavy atom. The number of hydrogen-bond acceptors (Lipinski definition) is 3. The lowest BCUT2D eigenvalue weighted by Crippen LogP contribution is -2.41. The van der Waals surface area contributed by atoms with E-state index < -0.39 is 18.1 Å². The quantitative estimate of drug-likeness (QED) is 0.827. The lowest BCUT2D eigenvalue weighted by atomic mass is 10.1. The number of fused-ring (bicyclic) bond motifs is 1. The molecular formula is C12H9BrF3NO4. The molecule has 0 atom stereocenters. The number of nitrogens with zero attached hydrogens (tertiary/aromatic N) is 1. The highest BCUT2D eigenvalue weighted by atomic mass is 79.9. The van der Waals surface area contributed by atoms with Gasteiger partial charge in [0, 0.05) is 16.6 Å². The van der Waals surface area contributed by atoms with E-state index in [1.165, 1.54) is 12.1 Å². The lowest BCUT2D eigenvalue weighted by molar-refractivity contribution is -0.186. The Kier molecular flexibility index (Phi) is 4.13. The summed E-state index contributed by atoms with van der Waals surface area (Å²) >= 11 is 3.09. The van der Waals surface area contributed by atoms with Crippen LogP contribution in [0.5, 0.6) is 5.75 Å². The fourth-order valence-corrected chi connectivity index (χ4v) is 2.50. The van der Waals surface area contributed by atoms with E-state index in [2.05, 4.69) is 15.9 Å². The van der Waals surface area contributed by atoms with Gasteiger partial charge in [-0.2, -0.15) is 13.2 Å². The Morgan fingerprint density at radius 2 is 2.00 bits per heavy atom. The van der Waals surface area contributed by atoms with E-state index in [0.717, 1.165) is 0 Å². The largest absolute Gasteiger partial charge is 0.490 e. The van der Waals surface area contributed by atoms with Crippen LogP contribution in [0.3, 0.4) is 0 Å². The van der Waals surface area contributed by atoms with Crippen molar-refractivity contribution in [1.29, 1.82) is 0 Å². The smallest absolute Gasteiger partial charge is 0.471 e. The average Bonchev–Trinajstić information content (AvgIpc) is 2.57. The Balaban J connectivity index is 2.41. The summed E-state index contributed by atoms with van der Waals surface area (Å²) in [6, 6.07) is 2.73. The Hall–Kier alpha value is -1.77. The predicted molar refractivity (Wildman–Crippen MR) is 68.1 cm³/mol. The molecule has 0 radical (unpaired) electrons. The molecule has 0 saturated carbocycles. The molecule has 0 bridgehead atoms. The molecule has 2 rings (SSSR count). The summed E-state index contributed by atoms with van der Waals surface area (Å²) in [5.41, 5.74) is 0.0394. The molecule has 1 amide bonds. The molecule has 1 aliphatic heterocycles. The summed E-state index contributed by atoms with van der Waals surface area (Å²) in [5, 5.41) is 9.10. The second-order valence-electron chi connectivity index (χ2n) is 4.32. The molecule has 0 fully saturated rings. The molecule has 0 unspecified atom stereocenters. The van der Waals surface area contributed by atoms with Crippen LogP contribution in [-0.4, -0.2) is 41.2 Å². The van der Waals surface area contributed by atoms with Crippen molar-refractivity contribution in [1.82, 2.24) is 4.90 Å². The minimum atomic E-state index is -4.98. The van der Waals surface area contributed by atoms with Crippen LogP contribution in [0.1, 0.15) is 15.9 Å². The number of halogens is 4. The van der Waals surface area contributed by atoms with Gasteiger partial charge in [-0.3, -0.25) is 4.79 Å². The number of carbonyl (C=O) groups excluding carboxylic acids is 1. The van der Waals surface area contributed by atoms with Crippen LogP contribution < -0.4 is 4.74 Å². The van der Waals surface area contributed by atoms with Crippen molar-refractivity contribution in [2.75, 3.05) is 13.2 Å². The third-order valence-electron chi connectivity index (χ3n) is 2.86. The van der Waals surface area contributed by atoms with Gasteiger partial charge in [0.2, 0.25) is 0 Å². The van der Waals surface area contributed by atoms with E-state index in [1.807, 2.05) is 0 Å². The first kappa shape index (κ1) is 15.6. The van der Waals surface area contributed by atoms with Crippen molar-refractivity contribution in [3.05, 3.63) is 27.7 Å². The van der Waals surface area contributed by atoms with Gasteiger partial charge in [0.15, 0.2) is 0 Å². The molecule has 1 N–H and O–H groups in total. The molecule has 1 aliphatic rings. The zero-order chi connectivity index (χ0) is 15.8. The number of rotatable bonds is 1. The first-order valence-electron chi connectivity index (χ1n) is 5.74. The second-order valence-corrected chi connectivity index (χ2v) is 5.24. The first-order valence-corrected chi connectivity index (χ1v) is 6.54. The van der Waals surface area contributed by atoms with Gasteiger partial charge >= 0.3 is 18.1 Å². The highest BCUT2D eigenvalue weighted by molar-refractivity contribution is 9.10. The molecule has 21 heavy (non-hydrogen) atoms. The molecule has 1 heterocycles. The maximum absolute atomic E-state index is 12.5. The molecule has 0 aromatic heterocycles. The minimum Gasteiger partial charge on any atom is -0.490 e. The van der Waals surface area contributed by atoms with Gasteiger partial charge in [0.05, 0.1) is 6.54 Å². The van der Waals surface area contributed by atoms with E-state index in [-0.39, 0.29) is 36.6 Å². The van der Waals surface area contributed by atoms with Crippen molar-refractivity contribution in [2.45, 2.75) is 12.7 Å². The summed E-state index contributed by atoms with van der Waals surface area (Å²) in [4.78, 5) is 23.0. The molecule has 114 valence electrons. The Bertz CT molecular complexity index is 603. The Morgan fingerprint density at radius 1 is 1.33 bits per heavy atom. The third-order valence-corrected chi connectivity index (χ3v) is 3.32. The summed E-state index contributed by atoms with van der Waals surface area (Å²) in [6.45, 7) is -0.853. The van der Waals surface area contributed by atoms with Gasteiger partial charge in [-0.15, -0.1) is 0 Å². The maximum atomic E-state index is 12.5. The topological polar surface area (TPSA) is 66.8 Å². The fraction of sp³-hybridized carbons (Fsp3) is 0.333. The number of amides is 1. The number of ether oxygens (including phenoxy) is 1. The van der Waals surface area contributed by atoms with Crippen LogP contribution in [0.25, 0.3) is 0 Å². The molecular weight excluding hydrogens is 359 g/mol. The van der Waals surface area contributed by atoms with Crippen molar-refractivity contribution < 1.29 is 32.6 Å². The van der Waals surface area contributed by atoms with Crippen molar-refractivity contribution in [2.24, 2.45) is 0 Å². The number of aromatic carboxylic acids is 1. The number of carboxylic acid groups (broad SMARTS) is 1. The predicted octanol–water partition coefficient (Wildman–Crippen LogP) is 2.43. The number of benzene rings is 1. The summed E-state index contributed by atoms with van der Waals surface area (Å²) in [5.74, 6) is -3.25. The van der Waals surface area contributed by atoms with Crippen LogP contribution in [0, 0.1) is 0 Å². The van der Waals surface area contributed by atoms with Gasteiger partial charge in [0.1, 0.15) is 17.9 Å². The zero-order valence-electron chi connectivity index (χ0n) is 10.4. The van der Waals surface area contributed by atoms with E-state index in [0.29, 0.717) is 9.37 Å². The summed E-state index contributed by atoms with van der Waals surface area (Å²) < 4.78 is 43.1. The molecule has 0 saturated heterocycles. The molecule has 0 spiro atoms. The third kappa shape index (κ3) is 3.29. The van der Waals surface area contributed by atoms with Crippen molar-refractivity contribution >= 4 is 27.8 Å². The van der Waals surface area contributed by atoms with Crippen LogP contribution in [0.15, 0.2) is 16.6 Å². The highest BCUT2D eigenvalue weighted by Gasteiger charge is 2.43. The molecule has 5 nitrogen and oxygen atoms in total. The fourth-order valence-electron chi connectivity index (χ4n) is 1.99. The lowest BCUT2D eigenvalue weighted by Gasteiger charge is -2.21. The van der Waals surface area contributed by atoms with Gasteiger partial charge in [-0.25, -0.2) is 4.79 Å². The normalized spacial score (nSPS) is 15.0. The SMILES string of the molecule is O=C(O)c1cc(Br)cc2c1OCCN(C(=O)C(F)(F)F)C2. The minimum absolute atomic E-state index is 0.0109. The van der Waals surface area contributed by atoms with Crippen LogP contribution in [0.2, 0.25) is 0 Å². The molecule has 1 aromatic carbocycles. The first-order chi connectivity index (χ1) is 9.70.